The summed E-state index contributed by atoms with van der Waals surface area (Å²) >= 11 is 12.2. The molecule has 0 saturated carbocycles. The van der Waals surface area contributed by atoms with Crippen LogP contribution in [0.15, 0.2) is 65.6 Å². The van der Waals surface area contributed by atoms with E-state index in [0.29, 0.717) is 0 Å². The summed E-state index contributed by atoms with van der Waals surface area (Å²) in [6.07, 6.45) is 0. The van der Waals surface area contributed by atoms with E-state index >= 15 is 0 Å². The molecule has 0 heterocycles. The highest BCUT2D eigenvalue weighted by atomic mass is 35.5. The topological polar surface area (TPSA) is 66.5 Å². The molecule has 3 aromatic rings. The second-order valence-corrected chi connectivity index (χ2v) is 9.19. The second kappa shape index (κ2) is 9.21. The van der Waals surface area contributed by atoms with E-state index in [0.717, 1.165) is 28.1 Å². The molecule has 0 aliphatic rings. The average molecular weight is 485 g/mol. The first-order valence-electron chi connectivity index (χ1n) is 8.88. The monoisotopic (exact) mass is 484 g/mol. The normalized spacial score (nSPS) is 11.3. The van der Waals surface area contributed by atoms with Crippen LogP contribution in [0, 0.1) is 18.6 Å². The number of rotatable bonds is 6. The number of carbonyl (C=O) groups excluding carboxylic acids is 1. The van der Waals surface area contributed by atoms with E-state index in [1.807, 2.05) is 0 Å². The van der Waals surface area contributed by atoms with Gasteiger partial charge >= 0.3 is 0 Å². The molecule has 162 valence electrons. The molecule has 1 amide bonds. The smallest absolute Gasteiger partial charge is 0.264 e. The van der Waals surface area contributed by atoms with E-state index in [4.69, 9.17) is 23.2 Å². The van der Waals surface area contributed by atoms with E-state index in [1.54, 1.807) is 19.1 Å². The molecule has 0 radical (unpaired) electrons. The maximum absolute atomic E-state index is 13.9. The number of nitrogens with one attached hydrogen (secondary N) is 1. The predicted octanol–water partition coefficient (Wildman–Crippen LogP) is 5.41. The molecule has 0 unspecified atom stereocenters. The summed E-state index contributed by atoms with van der Waals surface area (Å²) in [4.78, 5) is 12.5. The van der Waals surface area contributed by atoms with Crippen LogP contribution in [0.1, 0.15) is 5.56 Å². The SMILES string of the molecule is Cc1ccc(S(=O)(=O)N(CC(=O)Nc2c(F)cccc2F)c2cccc(Cl)c2Cl)cc1. The third-order valence-corrected chi connectivity index (χ3v) is 6.91. The van der Waals surface area contributed by atoms with Crippen LogP contribution in [0.3, 0.4) is 0 Å². The molecule has 5 nitrogen and oxygen atoms in total. The molecule has 0 aromatic heterocycles. The van der Waals surface area contributed by atoms with Crippen LogP contribution in [-0.4, -0.2) is 20.9 Å². The summed E-state index contributed by atoms with van der Waals surface area (Å²) in [5.41, 5.74) is 0.0929. The lowest BCUT2D eigenvalue weighted by molar-refractivity contribution is -0.114. The van der Waals surface area contributed by atoms with Crippen LogP contribution < -0.4 is 9.62 Å². The van der Waals surface area contributed by atoms with Crippen LogP contribution in [0.2, 0.25) is 10.0 Å². The van der Waals surface area contributed by atoms with Gasteiger partial charge in [0.05, 0.1) is 20.6 Å². The molecule has 0 spiro atoms. The molecule has 0 aliphatic heterocycles. The number of sulfonamides is 1. The van der Waals surface area contributed by atoms with Gasteiger partial charge in [-0.2, -0.15) is 0 Å². The van der Waals surface area contributed by atoms with Crippen molar-refractivity contribution in [3.8, 4) is 0 Å². The van der Waals surface area contributed by atoms with Crippen LogP contribution in [0.5, 0.6) is 0 Å². The standard InChI is InChI=1S/C21H16Cl2F2N2O3S/c1-13-8-10-14(11-9-13)31(29,30)27(18-7-2-4-15(22)20(18)23)12-19(28)26-21-16(24)5-3-6-17(21)25/h2-11H,12H2,1H3,(H,26,28). The third-order valence-electron chi connectivity index (χ3n) is 4.32. The van der Waals surface area contributed by atoms with E-state index in [-0.39, 0.29) is 20.6 Å². The minimum Gasteiger partial charge on any atom is -0.320 e. The fraction of sp³-hybridized carbons (Fsp3) is 0.0952. The zero-order chi connectivity index (χ0) is 22.8. The highest BCUT2D eigenvalue weighted by Crippen LogP contribution is 2.35. The van der Waals surface area contributed by atoms with Gasteiger partial charge in [-0.3, -0.25) is 9.10 Å². The lowest BCUT2D eigenvalue weighted by Crippen LogP contribution is -2.38. The van der Waals surface area contributed by atoms with E-state index < -0.39 is 39.8 Å². The number of hydrogen-bond acceptors (Lipinski definition) is 3. The van der Waals surface area contributed by atoms with Crippen molar-refractivity contribution in [2.24, 2.45) is 0 Å². The summed E-state index contributed by atoms with van der Waals surface area (Å²) < 4.78 is 55.2. The summed E-state index contributed by atoms with van der Waals surface area (Å²) in [6, 6.07) is 13.3. The number of nitrogens with zero attached hydrogens (tertiary/aromatic N) is 1. The summed E-state index contributed by atoms with van der Waals surface area (Å²) in [7, 11) is -4.28. The minimum atomic E-state index is -4.28. The number of carbonyl (C=O) groups is 1. The van der Waals surface area contributed by atoms with Crippen molar-refractivity contribution in [3.05, 3.63) is 87.9 Å². The Morgan fingerprint density at radius 1 is 0.968 bits per heavy atom. The van der Waals surface area contributed by atoms with Crippen molar-refractivity contribution in [2.45, 2.75) is 11.8 Å². The Morgan fingerprint density at radius 2 is 1.55 bits per heavy atom. The number of aryl methyl sites for hydroxylation is 1. The van der Waals surface area contributed by atoms with Gasteiger partial charge in [-0.1, -0.05) is 53.0 Å². The molecule has 3 aromatic carbocycles. The van der Waals surface area contributed by atoms with Crippen LogP contribution in [0.4, 0.5) is 20.2 Å². The Hall–Kier alpha value is -2.68. The predicted molar refractivity (Wildman–Crippen MR) is 117 cm³/mol. The van der Waals surface area contributed by atoms with Gasteiger partial charge in [-0.15, -0.1) is 0 Å². The molecule has 0 atom stereocenters. The van der Waals surface area contributed by atoms with Crippen molar-refractivity contribution in [1.82, 2.24) is 0 Å². The number of halogens is 4. The van der Waals surface area contributed by atoms with Gasteiger partial charge in [0, 0.05) is 0 Å². The highest BCUT2D eigenvalue weighted by molar-refractivity contribution is 7.92. The first kappa shape index (κ1) is 23.0. The average Bonchev–Trinajstić information content (AvgIpc) is 2.72. The van der Waals surface area contributed by atoms with E-state index in [9.17, 15) is 22.0 Å². The molecule has 3 rings (SSSR count). The zero-order valence-corrected chi connectivity index (χ0v) is 18.4. The number of amides is 1. The van der Waals surface area contributed by atoms with Crippen molar-refractivity contribution in [3.63, 3.8) is 0 Å². The fourth-order valence-electron chi connectivity index (χ4n) is 2.75. The Bertz CT molecular complexity index is 1220. The molecule has 0 saturated heterocycles. The summed E-state index contributed by atoms with van der Waals surface area (Å²) in [6.45, 7) is 0.989. The molecule has 0 fully saturated rings. The Labute approximate surface area is 188 Å². The summed E-state index contributed by atoms with van der Waals surface area (Å²) in [5, 5.41) is 2.05. The molecule has 0 aliphatic carbocycles. The lowest BCUT2D eigenvalue weighted by Gasteiger charge is -2.25. The Morgan fingerprint density at radius 3 is 2.16 bits per heavy atom. The highest BCUT2D eigenvalue weighted by Gasteiger charge is 2.30. The number of anilines is 2. The van der Waals surface area contributed by atoms with Crippen LogP contribution in [-0.2, 0) is 14.8 Å². The maximum Gasteiger partial charge on any atom is 0.264 e. The molecule has 1 N–H and O–H groups in total. The van der Waals surface area contributed by atoms with Crippen molar-refractivity contribution >= 4 is 50.5 Å². The molecule has 31 heavy (non-hydrogen) atoms. The molecule has 0 bridgehead atoms. The number of hydrogen-bond donors (Lipinski definition) is 1. The first-order chi connectivity index (χ1) is 14.6. The number of para-hydroxylation sites is 1. The van der Waals surface area contributed by atoms with Crippen molar-refractivity contribution < 1.29 is 22.0 Å². The van der Waals surface area contributed by atoms with Crippen molar-refractivity contribution in [1.29, 1.82) is 0 Å². The lowest BCUT2D eigenvalue weighted by atomic mass is 10.2. The Kier molecular flexibility index (Phi) is 6.83. The van der Waals surface area contributed by atoms with E-state index in [1.165, 1.54) is 30.3 Å². The molecular weight excluding hydrogens is 469 g/mol. The fourth-order valence-corrected chi connectivity index (χ4v) is 4.63. The first-order valence-corrected chi connectivity index (χ1v) is 11.1. The second-order valence-electron chi connectivity index (χ2n) is 6.54. The molecular formula is C21H16Cl2F2N2O3S. The van der Waals surface area contributed by atoms with Gasteiger partial charge in [0.1, 0.15) is 23.9 Å². The summed E-state index contributed by atoms with van der Waals surface area (Å²) in [5.74, 6) is -2.97. The van der Waals surface area contributed by atoms with Gasteiger partial charge in [0.2, 0.25) is 5.91 Å². The van der Waals surface area contributed by atoms with Crippen LogP contribution >= 0.6 is 23.2 Å². The van der Waals surface area contributed by atoms with Gasteiger partial charge in [0.15, 0.2) is 0 Å². The van der Waals surface area contributed by atoms with Gasteiger partial charge in [-0.05, 0) is 43.3 Å². The largest absolute Gasteiger partial charge is 0.320 e. The maximum atomic E-state index is 13.9. The zero-order valence-electron chi connectivity index (χ0n) is 16.1. The Balaban J connectivity index is 2.03. The van der Waals surface area contributed by atoms with E-state index in [2.05, 4.69) is 5.32 Å². The molecule has 10 heteroatoms. The third kappa shape index (κ3) is 4.98. The quantitative estimate of drug-likeness (QED) is 0.508. The number of benzene rings is 3. The van der Waals surface area contributed by atoms with Crippen molar-refractivity contribution in [2.75, 3.05) is 16.2 Å². The van der Waals surface area contributed by atoms with Gasteiger partial charge in [0.25, 0.3) is 10.0 Å². The van der Waals surface area contributed by atoms with Gasteiger partial charge < -0.3 is 5.32 Å². The van der Waals surface area contributed by atoms with Crippen LogP contribution in [0.25, 0.3) is 0 Å². The van der Waals surface area contributed by atoms with Gasteiger partial charge in [-0.25, -0.2) is 17.2 Å². The minimum absolute atomic E-state index is 0.0566.